The number of anilines is 2. The molecule has 28 heavy (non-hydrogen) atoms. The fourth-order valence-corrected chi connectivity index (χ4v) is 3.55. The van der Waals surface area contributed by atoms with Crippen molar-refractivity contribution in [1.82, 2.24) is 0 Å². The standard InChI is InChI=1S/C17H17Cl2N3O5S/c1-22(2)11-5-3-10(4-6-11)21-16(23)9-27-17(24)12-7-15(28(20,25)26)14(19)8-13(12)18/h3-8H,9H2,1-2H3,(H,21,23)(H2,20,25,26). The van der Waals surface area contributed by atoms with Gasteiger partial charge in [0.2, 0.25) is 10.0 Å². The highest BCUT2D eigenvalue weighted by Gasteiger charge is 2.21. The Labute approximate surface area is 172 Å². The Morgan fingerprint density at radius 2 is 1.71 bits per heavy atom. The molecule has 0 unspecified atom stereocenters. The molecule has 2 aromatic rings. The topological polar surface area (TPSA) is 119 Å². The number of carbonyl (C=O) groups is 2. The summed E-state index contributed by atoms with van der Waals surface area (Å²) in [5.74, 6) is -1.58. The minimum Gasteiger partial charge on any atom is -0.452 e. The van der Waals surface area contributed by atoms with Crippen LogP contribution in [-0.2, 0) is 19.6 Å². The van der Waals surface area contributed by atoms with Crippen LogP contribution in [0.2, 0.25) is 10.0 Å². The van der Waals surface area contributed by atoms with E-state index in [2.05, 4.69) is 5.32 Å². The van der Waals surface area contributed by atoms with Gasteiger partial charge in [-0.1, -0.05) is 23.2 Å². The molecule has 1 amide bonds. The maximum Gasteiger partial charge on any atom is 0.340 e. The summed E-state index contributed by atoms with van der Waals surface area (Å²) in [6.45, 7) is -0.599. The molecule has 0 aliphatic carbocycles. The van der Waals surface area contributed by atoms with Crippen molar-refractivity contribution in [2.45, 2.75) is 4.90 Å². The van der Waals surface area contributed by atoms with Gasteiger partial charge in [-0.15, -0.1) is 0 Å². The number of sulfonamides is 1. The van der Waals surface area contributed by atoms with E-state index >= 15 is 0 Å². The van der Waals surface area contributed by atoms with Crippen LogP contribution in [0, 0.1) is 0 Å². The minimum absolute atomic E-state index is 0.137. The molecule has 11 heteroatoms. The molecule has 2 rings (SSSR count). The number of halogens is 2. The molecule has 0 bridgehead atoms. The average molecular weight is 446 g/mol. The second-order valence-electron chi connectivity index (χ2n) is 5.87. The Hall–Kier alpha value is -2.33. The summed E-state index contributed by atoms with van der Waals surface area (Å²) in [7, 11) is -0.399. The molecule has 0 aliphatic rings. The first-order chi connectivity index (χ1) is 13.0. The Morgan fingerprint density at radius 1 is 1.11 bits per heavy atom. The second-order valence-corrected chi connectivity index (χ2v) is 8.22. The third kappa shape index (κ3) is 5.59. The maximum absolute atomic E-state index is 12.2. The van der Waals surface area contributed by atoms with E-state index in [-0.39, 0.29) is 15.6 Å². The molecule has 8 nitrogen and oxygen atoms in total. The Balaban J connectivity index is 2.04. The number of benzene rings is 2. The third-order valence-electron chi connectivity index (χ3n) is 3.55. The van der Waals surface area contributed by atoms with E-state index in [9.17, 15) is 18.0 Å². The summed E-state index contributed by atoms with van der Waals surface area (Å²) in [6.07, 6.45) is 0. The number of ether oxygens (including phenoxy) is 1. The zero-order chi connectivity index (χ0) is 21.1. The van der Waals surface area contributed by atoms with Gasteiger partial charge in [0.25, 0.3) is 5.91 Å². The number of nitrogens with zero attached hydrogens (tertiary/aromatic N) is 1. The number of rotatable bonds is 6. The molecular formula is C17H17Cl2N3O5S. The molecule has 0 aliphatic heterocycles. The van der Waals surface area contributed by atoms with E-state index in [4.69, 9.17) is 33.1 Å². The highest BCUT2D eigenvalue weighted by atomic mass is 35.5. The normalized spacial score (nSPS) is 11.0. The number of primary sulfonamides is 1. The summed E-state index contributed by atoms with van der Waals surface area (Å²) >= 11 is 11.7. The lowest BCUT2D eigenvalue weighted by Gasteiger charge is -2.13. The van der Waals surface area contributed by atoms with E-state index in [0.717, 1.165) is 17.8 Å². The summed E-state index contributed by atoms with van der Waals surface area (Å²) in [4.78, 5) is 25.6. The Morgan fingerprint density at radius 3 is 2.25 bits per heavy atom. The van der Waals surface area contributed by atoms with Gasteiger partial charge in [0.15, 0.2) is 6.61 Å². The number of hydrogen-bond donors (Lipinski definition) is 2. The highest BCUT2D eigenvalue weighted by Crippen LogP contribution is 2.28. The van der Waals surface area contributed by atoms with Gasteiger partial charge in [0.05, 0.1) is 15.6 Å². The quantitative estimate of drug-likeness (QED) is 0.659. The molecule has 0 radical (unpaired) electrons. The van der Waals surface area contributed by atoms with Crippen LogP contribution in [0.3, 0.4) is 0 Å². The highest BCUT2D eigenvalue weighted by molar-refractivity contribution is 7.89. The summed E-state index contributed by atoms with van der Waals surface area (Å²) < 4.78 is 27.9. The van der Waals surface area contributed by atoms with E-state index < -0.39 is 33.4 Å². The lowest BCUT2D eigenvalue weighted by atomic mass is 10.2. The van der Waals surface area contributed by atoms with Crippen LogP contribution in [-0.4, -0.2) is 41.0 Å². The molecular weight excluding hydrogens is 429 g/mol. The van der Waals surface area contributed by atoms with Crippen LogP contribution >= 0.6 is 23.2 Å². The second kappa shape index (κ2) is 8.78. The first kappa shape index (κ1) is 22.0. The predicted octanol–water partition coefficient (Wildman–Crippen LogP) is 2.50. The van der Waals surface area contributed by atoms with E-state index in [1.165, 1.54) is 0 Å². The summed E-state index contributed by atoms with van der Waals surface area (Å²) in [5.41, 5.74) is 1.19. The van der Waals surface area contributed by atoms with Gasteiger partial charge in [0, 0.05) is 25.5 Å². The van der Waals surface area contributed by atoms with Crippen molar-refractivity contribution in [3.63, 3.8) is 0 Å². The van der Waals surface area contributed by atoms with Gasteiger partial charge in [-0.05, 0) is 36.4 Å². The zero-order valence-electron chi connectivity index (χ0n) is 14.9. The molecule has 150 valence electrons. The van der Waals surface area contributed by atoms with Crippen molar-refractivity contribution in [3.8, 4) is 0 Å². The summed E-state index contributed by atoms with van der Waals surface area (Å²) in [6, 6.07) is 8.98. The number of esters is 1. The van der Waals surface area contributed by atoms with Crippen molar-refractivity contribution in [2.24, 2.45) is 5.14 Å². The molecule has 0 atom stereocenters. The van der Waals surface area contributed by atoms with Crippen LogP contribution < -0.4 is 15.4 Å². The first-order valence-corrected chi connectivity index (χ1v) is 10.1. The van der Waals surface area contributed by atoms with Gasteiger partial charge in [-0.2, -0.15) is 0 Å². The third-order valence-corrected chi connectivity index (χ3v) is 5.24. The number of hydrogen-bond acceptors (Lipinski definition) is 6. The molecule has 0 aromatic heterocycles. The van der Waals surface area contributed by atoms with E-state index in [0.29, 0.717) is 5.69 Å². The van der Waals surface area contributed by atoms with Gasteiger partial charge in [-0.25, -0.2) is 18.4 Å². The molecule has 0 saturated heterocycles. The monoisotopic (exact) mass is 445 g/mol. The minimum atomic E-state index is -4.17. The molecule has 0 saturated carbocycles. The van der Waals surface area contributed by atoms with Crippen molar-refractivity contribution in [1.29, 1.82) is 0 Å². The van der Waals surface area contributed by atoms with E-state index in [1.807, 2.05) is 31.1 Å². The number of amides is 1. The van der Waals surface area contributed by atoms with Gasteiger partial charge < -0.3 is 15.0 Å². The number of nitrogens with one attached hydrogen (secondary N) is 1. The van der Waals surface area contributed by atoms with Gasteiger partial charge in [0.1, 0.15) is 4.90 Å². The van der Waals surface area contributed by atoms with Crippen LogP contribution in [0.4, 0.5) is 11.4 Å². The molecule has 2 aromatic carbocycles. The van der Waals surface area contributed by atoms with Crippen molar-refractivity contribution in [3.05, 3.63) is 52.0 Å². The van der Waals surface area contributed by atoms with Crippen molar-refractivity contribution < 1.29 is 22.7 Å². The van der Waals surface area contributed by atoms with E-state index in [1.54, 1.807) is 12.1 Å². The first-order valence-electron chi connectivity index (χ1n) is 7.75. The predicted molar refractivity (Wildman–Crippen MR) is 108 cm³/mol. The van der Waals surface area contributed by atoms with Gasteiger partial charge >= 0.3 is 5.97 Å². The molecule has 0 heterocycles. The van der Waals surface area contributed by atoms with Crippen LogP contribution in [0.25, 0.3) is 0 Å². The lowest BCUT2D eigenvalue weighted by molar-refractivity contribution is -0.119. The number of nitrogens with two attached hydrogens (primary N) is 1. The van der Waals surface area contributed by atoms with Crippen molar-refractivity contribution in [2.75, 3.05) is 30.9 Å². The Bertz CT molecular complexity index is 1010. The summed E-state index contributed by atoms with van der Waals surface area (Å²) in [5, 5.41) is 7.24. The van der Waals surface area contributed by atoms with Crippen molar-refractivity contribution >= 4 is 56.5 Å². The fraction of sp³-hybridized carbons (Fsp3) is 0.176. The SMILES string of the molecule is CN(C)c1ccc(NC(=O)COC(=O)c2cc(S(N)(=O)=O)c(Cl)cc2Cl)cc1. The fourth-order valence-electron chi connectivity index (χ4n) is 2.15. The van der Waals surface area contributed by atoms with Crippen LogP contribution in [0.1, 0.15) is 10.4 Å². The zero-order valence-corrected chi connectivity index (χ0v) is 17.2. The number of carbonyl (C=O) groups excluding carboxylic acids is 2. The maximum atomic E-state index is 12.2. The molecule has 0 fully saturated rings. The van der Waals surface area contributed by atoms with Crippen LogP contribution in [0.5, 0.6) is 0 Å². The molecule has 3 N–H and O–H groups in total. The average Bonchev–Trinajstić information content (AvgIpc) is 2.59. The Kier molecular flexibility index (Phi) is 6.89. The lowest BCUT2D eigenvalue weighted by Crippen LogP contribution is -2.21. The smallest absolute Gasteiger partial charge is 0.340 e. The van der Waals surface area contributed by atoms with Gasteiger partial charge in [-0.3, -0.25) is 4.79 Å². The van der Waals surface area contributed by atoms with Crippen LogP contribution in [0.15, 0.2) is 41.3 Å². The molecule has 0 spiro atoms. The largest absolute Gasteiger partial charge is 0.452 e.